The van der Waals surface area contributed by atoms with Crippen molar-refractivity contribution in [1.82, 2.24) is 0 Å². The van der Waals surface area contributed by atoms with Crippen LogP contribution < -0.4 is 5.73 Å². The third-order valence-electron chi connectivity index (χ3n) is 2.11. The van der Waals surface area contributed by atoms with Gasteiger partial charge in [-0.05, 0) is 40.1 Å². The Morgan fingerprint density at radius 2 is 2.00 bits per heavy atom. The van der Waals surface area contributed by atoms with Gasteiger partial charge in [0.25, 0.3) is 0 Å². The van der Waals surface area contributed by atoms with E-state index >= 15 is 0 Å². The molecule has 0 aliphatic heterocycles. The highest BCUT2D eigenvalue weighted by Crippen LogP contribution is 2.23. The molecule has 0 amide bonds. The minimum atomic E-state index is -0.0150. The van der Waals surface area contributed by atoms with Crippen molar-refractivity contribution in [3.05, 3.63) is 56.7 Å². The molecule has 2 rings (SSSR count). The zero-order valence-electron chi connectivity index (χ0n) is 7.89. The van der Waals surface area contributed by atoms with E-state index in [4.69, 9.17) is 5.73 Å². The fourth-order valence-electron chi connectivity index (χ4n) is 1.34. The van der Waals surface area contributed by atoms with Crippen LogP contribution in [0.1, 0.15) is 17.2 Å². The molecule has 2 N–H and O–H groups in total. The van der Waals surface area contributed by atoms with Gasteiger partial charge in [-0.15, -0.1) is 12.4 Å². The molecule has 0 aliphatic carbocycles. The van der Waals surface area contributed by atoms with Crippen LogP contribution in [0.25, 0.3) is 0 Å². The summed E-state index contributed by atoms with van der Waals surface area (Å²) < 4.78 is 1.07. The number of nitrogens with two attached hydrogens (primary N) is 1. The van der Waals surface area contributed by atoms with Crippen molar-refractivity contribution in [2.75, 3.05) is 0 Å². The highest BCUT2D eigenvalue weighted by atomic mass is 79.9. The summed E-state index contributed by atoms with van der Waals surface area (Å²) in [6.07, 6.45) is 0. The van der Waals surface area contributed by atoms with Gasteiger partial charge in [0, 0.05) is 4.47 Å². The molecule has 0 radical (unpaired) electrons. The number of halogens is 2. The molecular formula is C11H11BrClNS. The van der Waals surface area contributed by atoms with E-state index in [9.17, 15) is 0 Å². The summed E-state index contributed by atoms with van der Waals surface area (Å²) >= 11 is 5.12. The lowest BCUT2D eigenvalue weighted by Gasteiger charge is -2.10. The number of thiophene rings is 1. The highest BCUT2D eigenvalue weighted by molar-refractivity contribution is 9.10. The minimum Gasteiger partial charge on any atom is -0.320 e. The first kappa shape index (κ1) is 12.7. The molecule has 0 bridgehead atoms. The lowest BCUT2D eigenvalue weighted by atomic mass is 10.0. The Morgan fingerprint density at radius 3 is 2.60 bits per heavy atom. The van der Waals surface area contributed by atoms with Crippen molar-refractivity contribution in [1.29, 1.82) is 0 Å². The summed E-state index contributed by atoms with van der Waals surface area (Å²) in [7, 11) is 0. The number of hydrogen-bond acceptors (Lipinski definition) is 2. The summed E-state index contributed by atoms with van der Waals surface area (Å²) in [6, 6.07) is 10.2. The zero-order chi connectivity index (χ0) is 9.97. The quantitative estimate of drug-likeness (QED) is 0.892. The van der Waals surface area contributed by atoms with Crippen molar-refractivity contribution >= 4 is 39.7 Å². The van der Waals surface area contributed by atoms with Crippen LogP contribution in [0.3, 0.4) is 0 Å². The third kappa shape index (κ3) is 3.05. The Kier molecular flexibility index (Phi) is 4.80. The predicted molar refractivity (Wildman–Crippen MR) is 71.7 cm³/mol. The fourth-order valence-corrected chi connectivity index (χ4v) is 2.46. The molecule has 0 unspecified atom stereocenters. The van der Waals surface area contributed by atoms with Crippen LogP contribution in [0, 0.1) is 0 Å². The molecule has 15 heavy (non-hydrogen) atoms. The van der Waals surface area contributed by atoms with Crippen molar-refractivity contribution in [3.8, 4) is 0 Å². The maximum Gasteiger partial charge on any atom is 0.0560 e. The normalized spacial score (nSPS) is 11.9. The van der Waals surface area contributed by atoms with Crippen LogP contribution in [-0.4, -0.2) is 0 Å². The monoisotopic (exact) mass is 303 g/mol. The molecule has 80 valence electrons. The minimum absolute atomic E-state index is 0. The van der Waals surface area contributed by atoms with E-state index in [0.29, 0.717) is 0 Å². The second kappa shape index (κ2) is 5.66. The van der Waals surface area contributed by atoms with E-state index in [0.717, 1.165) is 10.0 Å². The lowest BCUT2D eigenvalue weighted by molar-refractivity contribution is 0.876. The van der Waals surface area contributed by atoms with E-state index in [2.05, 4.69) is 33.4 Å². The Balaban J connectivity index is 0.00000112. The molecule has 0 saturated heterocycles. The number of hydrogen-bond donors (Lipinski definition) is 1. The summed E-state index contributed by atoms with van der Waals surface area (Å²) in [5.41, 5.74) is 8.43. The first-order valence-corrected chi connectivity index (χ1v) is 6.04. The highest BCUT2D eigenvalue weighted by Gasteiger charge is 2.08. The van der Waals surface area contributed by atoms with Crippen molar-refractivity contribution in [2.45, 2.75) is 6.04 Å². The van der Waals surface area contributed by atoms with Crippen LogP contribution in [0.15, 0.2) is 45.6 Å². The summed E-state index contributed by atoms with van der Waals surface area (Å²) in [6.45, 7) is 0. The van der Waals surface area contributed by atoms with Gasteiger partial charge in [-0.2, -0.15) is 11.3 Å². The van der Waals surface area contributed by atoms with Gasteiger partial charge in [-0.3, -0.25) is 0 Å². The van der Waals surface area contributed by atoms with Crippen LogP contribution in [0.4, 0.5) is 0 Å². The first-order valence-electron chi connectivity index (χ1n) is 4.30. The van der Waals surface area contributed by atoms with Crippen molar-refractivity contribution in [2.24, 2.45) is 5.73 Å². The fraction of sp³-hybridized carbons (Fsp3) is 0.0909. The molecule has 1 atom stereocenters. The van der Waals surface area contributed by atoms with E-state index in [-0.39, 0.29) is 18.4 Å². The van der Waals surface area contributed by atoms with Gasteiger partial charge < -0.3 is 5.73 Å². The third-order valence-corrected chi connectivity index (χ3v) is 3.30. The van der Waals surface area contributed by atoms with Gasteiger partial charge in [0.1, 0.15) is 0 Å². The smallest absolute Gasteiger partial charge is 0.0560 e. The summed E-state index contributed by atoms with van der Waals surface area (Å²) in [5.74, 6) is 0. The lowest BCUT2D eigenvalue weighted by Crippen LogP contribution is -2.10. The SMILES string of the molecule is Cl.N[C@H](c1ccsc1)c1cccc(Br)c1. The van der Waals surface area contributed by atoms with Gasteiger partial charge >= 0.3 is 0 Å². The Hall–Kier alpha value is -0.350. The van der Waals surface area contributed by atoms with E-state index in [1.54, 1.807) is 11.3 Å². The molecule has 0 aliphatic rings. The Labute approximate surface area is 108 Å². The molecule has 4 heteroatoms. The molecule has 1 nitrogen and oxygen atoms in total. The molecular weight excluding hydrogens is 294 g/mol. The second-order valence-corrected chi connectivity index (χ2v) is 4.79. The summed E-state index contributed by atoms with van der Waals surface area (Å²) in [5, 5.41) is 4.14. The van der Waals surface area contributed by atoms with Crippen molar-refractivity contribution < 1.29 is 0 Å². The maximum absolute atomic E-state index is 6.12. The van der Waals surface area contributed by atoms with Gasteiger partial charge in [0.2, 0.25) is 0 Å². The standard InChI is InChI=1S/C11H10BrNS.ClH/c12-10-3-1-2-8(6-10)11(13)9-4-5-14-7-9;/h1-7,11H,13H2;1H/t11-;/m0./s1. The Bertz CT molecular complexity index is 416. The van der Waals surface area contributed by atoms with Crippen LogP contribution in [0.5, 0.6) is 0 Å². The first-order chi connectivity index (χ1) is 6.77. The van der Waals surface area contributed by atoms with Crippen LogP contribution in [-0.2, 0) is 0 Å². The number of benzene rings is 1. The predicted octanol–water partition coefficient (Wildman–Crippen LogP) is 3.98. The van der Waals surface area contributed by atoms with Gasteiger partial charge in [-0.1, -0.05) is 28.1 Å². The van der Waals surface area contributed by atoms with Crippen LogP contribution in [0.2, 0.25) is 0 Å². The van der Waals surface area contributed by atoms with E-state index in [1.165, 1.54) is 5.56 Å². The molecule has 1 heterocycles. The van der Waals surface area contributed by atoms with Gasteiger partial charge in [-0.25, -0.2) is 0 Å². The zero-order valence-corrected chi connectivity index (χ0v) is 11.1. The van der Waals surface area contributed by atoms with Crippen molar-refractivity contribution in [3.63, 3.8) is 0 Å². The Morgan fingerprint density at radius 1 is 1.20 bits per heavy atom. The average molecular weight is 305 g/mol. The molecule has 0 fully saturated rings. The van der Waals surface area contributed by atoms with Crippen LogP contribution >= 0.6 is 39.7 Å². The van der Waals surface area contributed by atoms with E-state index in [1.807, 2.05) is 23.6 Å². The molecule has 0 spiro atoms. The van der Waals surface area contributed by atoms with E-state index < -0.39 is 0 Å². The summed E-state index contributed by atoms with van der Waals surface area (Å²) in [4.78, 5) is 0. The average Bonchev–Trinajstić information content (AvgIpc) is 2.69. The van der Waals surface area contributed by atoms with Gasteiger partial charge in [0.05, 0.1) is 6.04 Å². The van der Waals surface area contributed by atoms with Gasteiger partial charge in [0.15, 0.2) is 0 Å². The molecule has 2 aromatic rings. The molecule has 0 saturated carbocycles. The second-order valence-electron chi connectivity index (χ2n) is 3.09. The molecule has 1 aromatic heterocycles. The molecule has 1 aromatic carbocycles. The largest absolute Gasteiger partial charge is 0.320 e. The topological polar surface area (TPSA) is 26.0 Å². The maximum atomic E-state index is 6.12. The number of rotatable bonds is 2.